The lowest BCUT2D eigenvalue weighted by molar-refractivity contribution is 0.0240. The Bertz CT molecular complexity index is 1750. The molecule has 5 rings (SSSR count). The summed E-state index contributed by atoms with van der Waals surface area (Å²) in [6.07, 6.45) is 0.166. The molecule has 1 saturated heterocycles. The fraction of sp³-hybridized carbons (Fsp3) is 0.333. The van der Waals surface area contributed by atoms with Gasteiger partial charge < -0.3 is 24.1 Å². The van der Waals surface area contributed by atoms with Gasteiger partial charge >= 0.3 is 12.1 Å². The number of benzene rings is 3. The van der Waals surface area contributed by atoms with Gasteiger partial charge in [0.15, 0.2) is 0 Å². The van der Waals surface area contributed by atoms with Crippen molar-refractivity contribution in [2.75, 3.05) is 41.9 Å². The molecule has 2 heterocycles. The van der Waals surface area contributed by atoms with Gasteiger partial charge in [-0.15, -0.1) is 0 Å². The van der Waals surface area contributed by atoms with Crippen molar-refractivity contribution in [1.29, 1.82) is 0 Å². The zero-order valence-electron chi connectivity index (χ0n) is 25.3. The number of carbonyl (C=O) groups is 2. The summed E-state index contributed by atoms with van der Waals surface area (Å²) >= 11 is 0. The van der Waals surface area contributed by atoms with Crippen LogP contribution in [0.15, 0.2) is 82.1 Å². The van der Waals surface area contributed by atoms with E-state index in [2.05, 4.69) is 4.90 Å². The van der Waals surface area contributed by atoms with Crippen molar-refractivity contribution in [1.82, 2.24) is 4.90 Å². The number of piperazine rings is 1. The quantitative estimate of drug-likeness (QED) is 0.258. The lowest BCUT2D eigenvalue weighted by atomic mass is 10.1. The van der Waals surface area contributed by atoms with Crippen LogP contribution < -0.4 is 9.21 Å². The zero-order valence-corrected chi connectivity index (χ0v) is 26.1. The van der Waals surface area contributed by atoms with Gasteiger partial charge in [0.1, 0.15) is 11.2 Å². The fourth-order valence-electron chi connectivity index (χ4n) is 5.26. The van der Waals surface area contributed by atoms with Gasteiger partial charge in [-0.25, -0.2) is 18.0 Å². The number of anilines is 2. The maximum atomic E-state index is 14.2. The molecule has 232 valence electrons. The molecule has 44 heavy (non-hydrogen) atoms. The van der Waals surface area contributed by atoms with Crippen LogP contribution in [0.4, 0.5) is 16.2 Å². The molecule has 1 aromatic heterocycles. The van der Waals surface area contributed by atoms with Crippen molar-refractivity contribution in [2.24, 2.45) is 0 Å². The first kappa shape index (κ1) is 30.9. The average molecular weight is 620 g/mol. The Morgan fingerprint density at radius 2 is 1.61 bits per heavy atom. The Morgan fingerprint density at radius 1 is 0.955 bits per heavy atom. The summed E-state index contributed by atoms with van der Waals surface area (Å²) in [6.45, 7) is 9.62. The highest BCUT2D eigenvalue weighted by Crippen LogP contribution is 2.32. The molecule has 4 aromatic rings. The van der Waals surface area contributed by atoms with Gasteiger partial charge in [0.2, 0.25) is 5.76 Å². The van der Waals surface area contributed by atoms with Gasteiger partial charge in [0, 0.05) is 49.4 Å². The van der Waals surface area contributed by atoms with Crippen LogP contribution in [0.5, 0.6) is 0 Å². The largest absolute Gasteiger partial charge is 0.475 e. The first-order valence-electron chi connectivity index (χ1n) is 14.5. The van der Waals surface area contributed by atoms with Crippen molar-refractivity contribution in [2.45, 2.75) is 44.6 Å². The minimum atomic E-state index is -4.04. The third-order valence-corrected chi connectivity index (χ3v) is 9.39. The second-order valence-electron chi connectivity index (χ2n) is 11.8. The van der Waals surface area contributed by atoms with E-state index in [1.807, 2.05) is 63.2 Å². The molecule has 1 N–H and O–H groups in total. The molecule has 0 unspecified atom stereocenters. The number of aryl methyl sites for hydroxylation is 1. The number of furan rings is 1. The van der Waals surface area contributed by atoms with Gasteiger partial charge in [-0.05, 0) is 82.1 Å². The van der Waals surface area contributed by atoms with E-state index in [0.29, 0.717) is 54.8 Å². The van der Waals surface area contributed by atoms with E-state index in [9.17, 15) is 23.1 Å². The molecule has 0 spiro atoms. The van der Waals surface area contributed by atoms with Gasteiger partial charge in [-0.3, -0.25) is 4.31 Å². The van der Waals surface area contributed by atoms with Crippen LogP contribution in [0, 0.1) is 6.92 Å². The number of carboxylic acids is 1. The molecule has 0 atom stereocenters. The maximum Gasteiger partial charge on any atom is 0.410 e. The molecule has 0 saturated carbocycles. The summed E-state index contributed by atoms with van der Waals surface area (Å²) in [7, 11) is -4.04. The maximum absolute atomic E-state index is 14.2. The zero-order chi connectivity index (χ0) is 31.6. The van der Waals surface area contributed by atoms with E-state index >= 15 is 0 Å². The summed E-state index contributed by atoms with van der Waals surface area (Å²) < 4.78 is 40.6. The number of carbonyl (C=O) groups excluding carboxylic acids is 1. The van der Waals surface area contributed by atoms with Crippen LogP contribution in [0.25, 0.3) is 11.0 Å². The highest BCUT2D eigenvalue weighted by Gasteiger charge is 2.29. The fourth-order valence-corrected chi connectivity index (χ4v) is 6.75. The lowest BCUT2D eigenvalue weighted by Gasteiger charge is -2.37. The summed E-state index contributed by atoms with van der Waals surface area (Å²) in [4.78, 5) is 27.9. The smallest absolute Gasteiger partial charge is 0.410 e. The highest BCUT2D eigenvalue weighted by molar-refractivity contribution is 7.92. The van der Waals surface area contributed by atoms with Crippen molar-refractivity contribution in [3.05, 3.63) is 89.7 Å². The minimum Gasteiger partial charge on any atom is -0.475 e. The second-order valence-corrected chi connectivity index (χ2v) is 13.7. The molecule has 1 fully saturated rings. The molecule has 11 heteroatoms. The monoisotopic (exact) mass is 619 g/mol. The number of sulfonamides is 1. The molecule has 1 aliphatic rings. The van der Waals surface area contributed by atoms with E-state index < -0.39 is 21.6 Å². The van der Waals surface area contributed by atoms with Crippen molar-refractivity contribution in [3.8, 4) is 0 Å². The molecular formula is C33H37N3O7S. The molecule has 10 nitrogen and oxygen atoms in total. The van der Waals surface area contributed by atoms with Crippen LogP contribution in [0.2, 0.25) is 0 Å². The van der Waals surface area contributed by atoms with Gasteiger partial charge in [-0.1, -0.05) is 30.3 Å². The van der Waals surface area contributed by atoms with E-state index in [4.69, 9.17) is 9.15 Å². The molecule has 0 bridgehead atoms. The predicted molar refractivity (Wildman–Crippen MR) is 169 cm³/mol. The number of nitrogens with zero attached hydrogens (tertiary/aromatic N) is 3. The number of aromatic carboxylic acids is 1. The van der Waals surface area contributed by atoms with Gasteiger partial charge in [0.25, 0.3) is 10.0 Å². The molecule has 3 aromatic carbocycles. The van der Waals surface area contributed by atoms with Gasteiger partial charge in [0.05, 0.1) is 10.6 Å². The molecular weight excluding hydrogens is 582 g/mol. The number of hydrogen-bond donors (Lipinski definition) is 1. The average Bonchev–Trinajstić information content (AvgIpc) is 3.33. The van der Waals surface area contributed by atoms with Crippen LogP contribution in [0.3, 0.4) is 0 Å². The summed E-state index contributed by atoms with van der Waals surface area (Å²) in [5, 5.41) is 9.90. The number of carboxylic acid groups (broad SMARTS) is 1. The topological polar surface area (TPSA) is 121 Å². The first-order valence-corrected chi connectivity index (χ1v) is 15.9. The van der Waals surface area contributed by atoms with Crippen molar-refractivity contribution < 1.29 is 32.3 Å². The van der Waals surface area contributed by atoms with Crippen LogP contribution in [0.1, 0.15) is 42.5 Å². The van der Waals surface area contributed by atoms with Crippen LogP contribution >= 0.6 is 0 Å². The van der Waals surface area contributed by atoms with Crippen molar-refractivity contribution in [3.63, 3.8) is 0 Å². The summed E-state index contributed by atoms with van der Waals surface area (Å²) in [6, 6.07) is 21.5. The Balaban J connectivity index is 1.40. The number of fused-ring (bicyclic) bond motifs is 1. The third kappa shape index (κ3) is 6.67. The summed E-state index contributed by atoms with van der Waals surface area (Å²) in [5.74, 6) is -1.42. The first-order chi connectivity index (χ1) is 20.8. The second kappa shape index (κ2) is 12.2. The van der Waals surface area contributed by atoms with Crippen LogP contribution in [-0.4, -0.2) is 68.8 Å². The Kier molecular flexibility index (Phi) is 8.60. The highest BCUT2D eigenvalue weighted by atomic mass is 32.2. The SMILES string of the molecule is Cc1c(C(=O)O)oc2ccc(S(=O)(=O)N(CCc3ccccc3)c3ccc(N4CCN(C(=O)OC(C)(C)C)CC4)cc3)cc12. The number of hydrogen-bond acceptors (Lipinski definition) is 7. The standard InChI is InChI=1S/C33H37N3O7S/c1-23-28-22-27(14-15-29(28)42-30(23)31(37)38)44(40,41)36(17-16-24-8-6-5-7-9-24)26-12-10-25(11-13-26)34-18-20-35(21-19-34)32(39)43-33(2,3)4/h5-15,22H,16-21H2,1-4H3,(H,37,38). The Hall–Kier alpha value is -4.51. The van der Waals surface area contributed by atoms with E-state index in [0.717, 1.165) is 11.3 Å². The predicted octanol–water partition coefficient (Wildman–Crippen LogP) is 5.93. The number of amides is 1. The van der Waals surface area contributed by atoms with E-state index in [1.54, 1.807) is 24.0 Å². The van der Waals surface area contributed by atoms with E-state index in [1.165, 1.54) is 22.5 Å². The Morgan fingerprint density at radius 3 is 2.23 bits per heavy atom. The number of ether oxygens (including phenoxy) is 1. The minimum absolute atomic E-state index is 0.0428. The summed E-state index contributed by atoms with van der Waals surface area (Å²) in [5.41, 5.74) is 2.56. The lowest BCUT2D eigenvalue weighted by Crippen LogP contribution is -2.50. The van der Waals surface area contributed by atoms with Crippen molar-refractivity contribution >= 4 is 44.4 Å². The molecule has 0 aliphatic carbocycles. The molecule has 1 aliphatic heterocycles. The number of rotatable bonds is 8. The van der Waals surface area contributed by atoms with E-state index in [-0.39, 0.29) is 23.3 Å². The normalized spacial score (nSPS) is 14.1. The third-order valence-electron chi connectivity index (χ3n) is 7.57. The van der Waals surface area contributed by atoms with Gasteiger partial charge in [-0.2, -0.15) is 0 Å². The molecule has 0 radical (unpaired) electrons. The molecule has 1 amide bonds. The Labute approximate surface area is 257 Å². The van der Waals surface area contributed by atoms with Crippen LogP contribution in [-0.2, 0) is 21.2 Å².